The van der Waals surface area contributed by atoms with Gasteiger partial charge in [0.25, 0.3) is 0 Å². The summed E-state index contributed by atoms with van der Waals surface area (Å²) in [4.78, 5) is 0. The normalized spacial score (nSPS) is 31.2. The predicted molar refractivity (Wildman–Crippen MR) is 50.0 cm³/mol. The van der Waals surface area contributed by atoms with Crippen LogP contribution in [0.2, 0.25) is 0 Å². The Morgan fingerprint density at radius 3 is 2.75 bits per heavy atom. The van der Waals surface area contributed by atoms with E-state index in [4.69, 9.17) is 10.5 Å². The topological polar surface area (TPSA) is 47.3 Å². The van der Waals surface area contributed by atoms with E-state index in [1.807, 2.05) is 0 Å². The van der Waals surface area contributed by atoms with E-state index >= 15 is 0 Å². The van der Waals surface area contributed by atoms with Crippen LogP contribution in [0.5, 0.6) is 0 Å². The van der Waals surface area contributed by atoms with Gasteiger partial charge in [0, 0.05) is 13.2 Å². The van der Waals surface area contributed by atoms with Gasteiger partial charge in [-0.1, -0.05) is 6.92 Å². The Labute approximate surface area is 74.7 Å². The van der Waals surface area contributed by atoms with Crippen molar-refractivity contribution in [3.05, 3.63) is 0 Å². The average Bonchev–Trinajstić information content (AvgIpc) is 2.01. The third-order valence-corrected chi connectivity index (χ3v) is 2.59. The Morgan fingerprint density at radius 2 is 2.25 bits per heavy atom. The van der Waals surface area contributed by atoms with Crippen LogP contribution in [0.15, 0.2) is 0 Å². The van der Waals surface area contributed by atoms with Crippen LogP contribution in [0.25, 0.3) is 0 Å². The van der Waals surface area contributed by atoms with Crippen molar-refractivity contribution in [3.8, 4) is 0 Å². The Balaban J connectivity index is 1.96. The first-order chi connectivity index (χ1) is 5.76. The number of hydrogen-bond donors (Lipinski definition) is 2. The zero-order chi connectivity index (χ0) is 8.97. The van der Waals surface area contributed by atoms with Crippen molar-refractivity contribution in [1.82, 2.24) is 5.32 Å². The lowest BCUT2D eigenvalue weighted by molar-refractivity contribution is 0.0167. The highest BCUT2D eigenvalue weighted by molar-refractivity contribution is 4.85. The number of ether oxygens (including phenoxy) is 1. The summed E-state index contributed by atoms with van der Waals surface area (Å²) in [6.07, 6.45) is 2.82. The molecule has 0 amide bonds. The first-order valence-corrected chi connectivity index (χ1v) is 4.72. The lowest BCUT2D eigenvalue weighted by atomic mass is 9.89. The number of nitrogens with one attached hydrogen (secondary N) is 1. The lowest BCUT2D eigenvalue weighted by Crippen LogP contribution is -2.46. The van der Waals surface area contributed by atoms with Gasteiger partial charge in [-0.3, -0.25) is 0 Å². The molecule has 1 aliphatic carbocycles. The first-order valence-electron chi connectivity index (χ1n) is 4.72. The Hall–Kier alpha value is -0.120. The van der Waals surface area contributed by atoms with Crippen LogP contribution in [0.1, 0.15) is 19.8 Å². The van der Waals surface area contributed by atoms with Crippen LogP contribution in [-0.2, 0) is 4.74 Å². The fraction of sp³-hybridized carbons (Fsp3) is 1.00. The molecule has 1 rings (SSSR count). The van der Waals surface area contributed by atoms with Crippen molar-refractivity contribution in [1.29, 1.82) is 0 Å². The highest BCUT2D eigenvalue weighted by Crippen LogP contribution is 2.22. The first kappa shape index (κ1) is 9.96. The van der Waals surface area contributed by atoms with Crippen LogP contribution >= 0.6 is 0 Å². The molecule has 72 valence electrons. The summed E-state index contributed by atoms with van der Waals surface area (Å²) in [5.74, 6) is 0.589. The van der Waals surface area contributed by atoms with Crippen molar-refractivity contribution >= 4 is 0 Å². The van der Waals surface area contributed by atoms with Crippen LogP contribution in [0, 0.1) is 5.92 Å². The maximum atomic E-state index is 5.51. The lowest BCUT2D eigenvalue weighted by Gasteiger charge is -2.35. The van der Waals surface area contributed by atoms with Gasteiger partial charge >= 0.3 is 0 Å². The third kappa shape index (κ3) is 2.73. The summed E-state index contributed by atoms with van der Waals surface area (Å²) in [6.45, 7) is 3.98. The number of nitrogens with two attached hydrogens (primary N) is 1. The molecule has 1 unspecified atom stereocenters. The van der Waals surface area contributed by atoms with Gasteiger partial charge in [0.05, 0.1) is 6.10 Å². The fourth-order valence-electron chi connectivity index (χ4n) is 1.38. The minimum atomic E-state index is 0.496. The highest BCUT2D eigenvalue weighted by atomic mass is 16.5. The molecule has 0 radical (unpaired) electrons. The van der Waals surface area contributed by atoms with Crippen LogP contribution in [0.3, 0.4) is 0 Å². The molecule has 1 atom stereocenters. The molecule has 0 aromatic carbocycles. The summed E-state index contributed by atoms with van der Waals surface area (Å²) in [5.41, 5.74) is 5.51. The van der Waals surface area contributed by atoms with Gasteiger partial charge in [-0.25, -0.2) is 0 Å². The molecule has 0 saturated heterocycles. The summed E-state index contributed by atoms with van der Waals surface area (Å²) in [5, 5.41) is 3.47. The van der Waals surface area contributed by atoms with E-state index in [1.54, 1.807) is 7.11 Å². The molecule has 12 heavy (non-hydrogen) atoms. The molecule has 0 aliphatic heterocycles. The van der Waals surface area contributed by atoms with E-state index in [0.29, 0.717) is 18.1 Å². The average molecular weight is 172 g/mol. The molecule has 3 heteroatoms. The molecule has 0 spiro atoms. The van der Waals surface area contributed by atoms with Crippen molar-refractivity contribution in [2.24, 2.45) is 11.7 Å². The Morgan fingerprint density at radius 1 is 1.58 bits per heavy atom. The van der Waals surface area contributed by atoms with Gasteiger partial charge in [-0.2, -0.15) is 0 Å². The zero-order valence-electron chi connectivity index (χ0n) is 8.05. The number of methoxy groups -OCH3 is 1. The molecular weight excluding hydrogens is 152 g/mol. The quantitative estimate of drug-likeness (QED) is 0.629. The molecule has 1 fully saturated rings. The molecule has 0 heterocycles. The number of hydrogen-bond acceptors (Lipinski definition) is 3. The van der Waals surface area contributed by atoms with Gasteiger partial charge in [0.2, 0.25) is 0 Å². The van der Waals surface area contributed by atoms with E-state index in [2.05, 4.69) is 12.2 Å². The minimum Gasteiger partial charge on any atom is -0.381 e. The summed E-state index contributed by atoms with van der Waals surface area (Å²) in [7, 11) is 1.78. The van der Waals surface area contributed by atoms with Gasteiger partial charge in [0.1, 0.15) is 0 Å². The van der Waals surface area contributed by atoms with E-state index in [9.17, 15) is 0 Å². The largest absolute Gasteiger partial charge is 0.381 e. The summed E-state index contributed by atoms with van der Waals surface area (Å²) in [6, 6.07) is 0.670. The molecule has 0 aromatic heterocycles. The highest BCUT2D eigenvalue weighted by Gasteiger charge is 2.28. The van der Waals surface area contributed by atoms with Gasteiger partial charge < -0.3 is 15.8 Å². The van der Waals surface area contributed by atoms with E-state index in [0.717, 1.165) is 25.9 Å². The number of rotatable bonds is 5. The molecule has 1 aliphatic rings. The third-order valence-electron chi connectivity index (χ3n) is 2.59. The van der Waals surface area contributed by atoms with Crippen molar-refractivity contribution in [3.63, 3.8) is 0 Å². The summed E-state index contributed by atoms with van der Waals surface area (Å²) < 4.78 is 5.18. The monoisotopic (exact) mass is 172 g/mol. The maximum Gasteiger partial charge on any atom is 0.0601 e. The SMILES string of the molecule is COC1CC(NCC(C)CN)C1. The Kier molecular flexibility index (Phi) is 3.98. The second-order valence-electron chi connectivity index (χ2n) is 3.78. The smallest absolute Gasteiger partial charge is 0.0601 e. The second kappa shape index (κ2) is 4.80. The van der Waals surface area contributed by atoms with Crippen LogP contribution in [-0.4, -0.2) is 32.3 Å². The molecule has 0 aromatic rings. The van der Waals surface area contributed by atoms with E-state index in [-0.39, 0.29) is 0 Å². The van der Waals surface area contributed by atoms with Crippen LogP contribution < -0.4 is 11.1 Å². The van der Waals surface area contributed by atoms with Crippen molar-refractivity contribution < 1.29 is 4.74 Å². The summed E-state index contributed by atoms with van der Waals surface area (Å²) >= 11 is 0. The second-order valence-corrected chi connectivity index (χ2v) is 3.78. The fourth-order valence-corrected chi connectivity index (χ4v) is 1.38. The van der Waals surface area contributed by atoms with Gasteiger partial charge in [0.15, 0.2) is 0 Å². The van der Waals surface area contributed by atoms with E-state index < -0.39 is 0 Å². The van der Waals surface area contributed by atoms with Crippen molar-refractivity contribution in [2.45, 2.75) is 31.9 Å². The molecule has 0 bridgehead atoms. The maximum absolute atomic E-state index is 5.51. The molecule has 3 nitrogen and oxygen atoms in total. The van der Waals surface area contributed by atoms with Crippen LogP contribution in [0.4, 0.5) is 0 Å². The zero-order valence-corrected chi connectivity index (χ0v) is 8.05. The minimum absolute atomic E-state index is 0.496. The Bertz CT molecular complexity index is 124. The molecular formula is C9H20N2O. The molecule has 1 saturated carbocycles. The predicted octanol–water partition coefficient (Wildman–Crippen LogP) is 0.348. The van der Waals surface area contributed by atoms with E-state index in [1.165, 1.54) is 0 Å². The van der Waals surface area contributed by atoms with Crippen molar-refractivity contribution in [2.75, 3.05) is 20.2 Å². The standard InChI is InChI=1S/C9H20N2O/c1-7(5-10)6-11-8-3-9(4-8)12-2/h7-9,11H,3-6,10H2,1-2H3. The van der Waals surface area contributed by atoms with Gasteiger partial charge in [-0.15, -0.1) is 0 Å². The van der Waals surface area contributed by atoms with Gasteiger partial charge in [-0.05, 0) is 31.8 Å². The molecule has 3 N–H and O–H groups in total.